The van der Waals surface area contributed by atoms with Gasteiger partial charge in [-0.2, -0.15) is 0 Å². The molecule has 0 unspecified atom stereocenters. The van der Waals surface area contributed by atoms with Crippen molar-refractivity contribution >= 4 is 49.5 Å². The van der Waals surface area contributed by atoms with Gasteiger partial charge in [0.25, 0.3) is 5.91 Å². The molecule has 0 saturated heterocycles. The van der Waals surface area contributed by atoms with Crippen LogP contribution in [0.4, 0.5) is 5.69 Å². The molecule has 0 aliphatic heterocycles. The lowest BCUT2D eigenvalue weighted by atomic mass is 10.1. The van der Waals surface area contributed by atoms with Gasteiger partial charge >= 0.3 is 0 Å². The fraction of sp³-hybridized carbons (Fsp3) is 0.0476. The number of anilines is 1. The third kappa shape index (κ3) is 2.80. The molecule has 0 fully saturated rings. The molecule has 4 aromatic rings. The van der Waals surface area contributed by atoms with E-state index in [0.29, 0.717) is 37.7 Å². The largest absolute Gasteiger partial charge is 0.455 e. The number of rotatable bonds is 2. The summed E-state index contributed by atoms with van der Waals surface area (Å²) in [6.07, 6.45) is 0. The molecular weight excluding hydrogens is 394 g/mol. The molecule has 1 N–H and O–H groups in total. The molecular formula is C21H14BrNO3. The number of halogens is 1. The Morgan fingerprint density at radius 3 is 2.62 bits per heavy atom. The number of hydrogen-bond donors (Lipinski definition) is 1. The quantitative estimate of drug-likeness (QED) is 0.460. The first-order valence-corrected chi connectivity index (χ1v) is 8.86. The normalized spacial score (nSPS) is 11.0. The second-order valence-corrected chi connectivity index (χ2v) is 6.88. The van der Waals surface area contributed by atoms with Crippen molar-refractivity contribution in [1.82, 2.24) is 0 Å². The van der Waals surface area contributed by atoms with Gasteiger partial charge in [-0.05, 0) is 58.7 Å². The monoisotopic (exact) mass is 407 g/mol. The summed E-state index contributed by atoms with van der Waals surface area (Å²) >= 11 is 3.37. The summed E-state index contributed by atoms with van der Waals surface area (Å²) in [4.78, 5) is 25.2. The highest BCUT2D eigenvalue weighted by Gasteiger charge is 2.12. The smallest absolute Gasteiger partial charge is 0.256 e. The van der Waals surface area contributed by atoms with Crippen molar-refractivity contribution in [3.05, 3.63) is 86.5 Å². The van der Waals surface area contributed by atoms with Crippen LogP contribution in [0.15, 0.2) is 74.3 Å². The van der Waals surface area contributed by atoms with Crippen LogP contribution in [0.2, 0.25) is 0 Å². The van der Waals surface area contributed by atoms with Crippen molar-refractivity contribution in [3.8, 4) is 0 Å². The Morgan fingerprint density at radius 1 is 1.00 bits per heavy atom. The Morgan fingerprint density at radius 2 is 1.81 bits per heavy atom. The van der Waals surface area contributed by atoms with E-state index in [4.69, 9.17) is 4.42 Å². The van der Waals surface area contributed by atoms with Crippen LogP contribution in [0.5, 0.6) is 0 Å². The van der Waals surface area contributed by atoms with Crippen molar-refractivity contribution < 1.29 is 9.21 Å². The maximum Gasteiger partial charge on any atom is 0.256 e. The number of carbonyl (C=O) groups excluding carboxylic acids is 1. The lowest BCUT2D eigenvalue weighted by Gasteiger charge is -2.08. The van der Waals surface area contributed by atoms with Crippen LogP contribution >= 0.6 is 15.9 Å². The van der Waals surface area contributed by atoms with E-state index in [0.717, 1.165) is 5.56 Å². The number of carbonyl (C=O) groups is 1. The minimum absolute atomic E-state index is 0.0753. The van der Waals surface area contributed by atoms with E-state index < -0.39 is 0 Å². The fourth-order valence-electron chi connectivity index (χ4n) is 2.94. The van der Waals surface area contributed by atoms with E-state index in [1.165, 1.54) is 0 Å². The topological polar surface area (TPSA) is 59.3 Å². The van der Waals surface area contributed by atoms with Crippen molar-refractivity contribution in [1.29, 1.82) is 0 Å². The van der Waals surface area contributed by atoms with Crippen LogP contribution in [0.3, 0.4) is 0 Å². The van der Waals surface area contributed by atoms with Crippen LogP contribution in [0.25, 0.3) is 21.9 Å². The number of hydrogen-bond acceptors (Lipinski definition) is 3. The zero-order valence-corrected chi connectivity index (χ0v) is 15.5. The molecule has 5 heteroatoms. The number of para-hydroxylation sites is 1. The number of amides is 1. The molecule has 0 spiro atoms. The number of nitrogens with one attached hydrogen (secondary N) is 1. The fourth-order valence-corrected chi connectivity index (χ4v) is 3.40. The van der Waals surface area contributed by atoms with E-state index in [1.807, 2.05) is 31.2 Å². The highest BCUT2D eigenvalue weighted by atomic mass is 79.9. The summed E-state index contributed by atoms with van der Waals surface area (Å²) in [6.45, 7) is 1.90. The van der Waals surface area contributed by atoms with Gasteiger partial charge in [-0.15, -0.1) is 0 Å². The Labute approximate surface area is 157 Å². The van der Waals surface area contributed by atoms with Crippen LogP contribution in [-0.2, 0) is 0 Å². The zero-order chi connectivity index (χ0) is 18.3. The van der Waals surface area contributed by atoms with E-state index in [2.05, 4.69) is 21.2 Å². The molecule has 1 amide bonds. The van der Waals surface area contributed by atoms with Crippen LogP contribution in [0.1, 0.15) is 15.9 Å². The number of fused-ring (bicyclic) bond motifs is 2. The average molecular weight is 408 g/mol. The Balaban J connectivity index is 1.79. The molecule has 4 nitrogen and oxygen atoms in total. The summed E-state index contributed by atoms with van der Waals surface area (Å²) in [5.74, 6) is -0.240. The summed E-state index contributed by atoms with van der Waals surface area (Å²) < 4.78 is 6.66. The van der Waals surface area contributed by atoms with E-state index in [1.54, 1.807) is 36.4 Å². The Bertz CT molecular complexity index is 1230. The molecule has 0 saturated carbocycles. The number of benzene rings is 3. The maximum absolute atomic E-state index is 12.7. The van der Waals surface area contributed by atoms with Gasteiger partial charge < -0.3 is 9.73 Å². The predicted molar refractivity (Wildman–Crippen MR) is 107 cm³/mol. The van der Waals surface area contributed by atoms with E-state index in [-0.39, 0.29) is 11.3 Å². The second-order valence-electron chi connectivity index (χ2n) is 6.03. The second kappa shape index (κ2) is 6.42. The average Bonchev–Trinajstić information content (AvgIpc) is 2.63. The molecule has 0 aliphatic rings. The molecule has 1 heterocycles. The number of aryl methyl sites for hydroxylation is 1. The molecule has 0 radical (unpaired) electrons. The third-order valence-electron chi connectivity index (χ3n) is 4.27. The summed E-state index contributed by atoms with van der Waals surface area (Å²) in [5, 5.41) is 3.89. The van der Waals surface area contributed by atoms with E-state index >= 15 is 0 Å². The lowest BCUT2D eigenvalue weighted by molar-refractivity contribution is 0.102. The molecule has 3 aromatic carbocycles. The van der Waals surface area contributed by atoms with Gasteiger partial charge in [-0.25, -0.2) is 0 Å². The highest BCUT2D eigenvalue weighted by Crippen LogP contribution is 2.24. The molecule has 0 atom stereocenters. The van der Waals surface area contributed by atoms with Gasteiger partial charge in [0.05, 0.1) is 16.3 Å². The zero-order valence-electron chi connectivity index (χ0n) is 13.9. The van der Waals surface area contributed by atoms with Gasteiger partial charge in [0.15, 0.2) is 0 Å². The SMILES string of the molecule is Cc1cccc2c(=O)c3ccc(NC(=O)c4ccccc4Br)cc3oc12. The van der Waals surface area contributed by atoms with Crippen molar-refractivity contribution in [2.45, 2.75) is 6.92 Å². The van der Waals surface area contributed by atoms with Crippen LogP contribution < -0.4 is 10.7 Å². The standard InChI is InChI=1S/C21H14BrNO3/c1-12-5-4-7-16-19(24)15-10-9-13(11-18(15)26-20(12)16)23-21(25)14-6-2-3-8-17(14)22/h2-11H,1H3,(H,23,25). The maximum atomic E-state index is 12.7. The highest BCUT2D eigenvalue weighted by molar-refractivity contribution is 9.10. The Kier molecular flexibility index (Phi) is 4.09. The van der Waals surface area contributed by atoms with Gasteiger partial charge in [-0.1, -0.05) is 24.3 Å². The third-order valence-corrected chi connectivity index (χ3v) is 4.96. The van der Waals surface area contributed by atoms with E-state index in [9.17, 15) is 9.59 Å². The molecule has 128 valence electrons. The van der Waals surface area contributed by atoms with Crippen molar-refractivity contribution in [2.75, 3.05) is 5.32 Å². The molecule has 26 heavy (non-hydrogen) atoms. The van der Waals surface area contributed by atoms with Crippen LogP contribution in [-0.4, -0.2) is 5.91 Å². The minimum Gasteiger partial charge on any atom is -0.455 e. The summed E-state index contributed by atoms with van der Waals surface area (Å²) in [5.41, 5.74) is 2.93. The minimum atomic E-state index is -0.240. The molecule has 4 rings (SSSR count). The Hall–Kier alpha value is -2.92. The molecule has 1 aromatic heterocycles. The first kappa shape index (κ1) is 16.5. The van der Waals surface area contributed by atoms with Gasteiger partial charge in [-0.3, -0.25) is 9.59 Å². The molecule has 0 bridgehead atoms. The first-order valence-electron chi connectivity index (χ1n) is 8.06. The first-order chi connectivity index (χ1) is 12.5. The van der Waals surface area contributed by atoms with Gasteiger partial charge in [0, 0.05) is 16.2 Å². The van der Waals surface area contributed by atoms with Crippen LogP contribution in [0, 0.1) is 6.92 Å². The van der Waals surface area contributed by atoms with Crippen molar-refractivity contribution in [3.63, 3.8) is 0 Å². The summed E-state index contributed by atoms with van der Waals surface area (Å²) in [6, 6.07) is 17.7. The van der Waals surface area contributed by atoms with Gasteiger partial charge in [0.1, 0.15) is 11.2 Å². The van der Waals surface area contributed by atoms with Gasteiger partial charge in [0.2, 0.25) is 5.43 Å². The lowest BCUT2D eigenvalue weighted by Crippen LogP contribution is -2.12. The molecule has 0 aliphatic carbocycles. The summed E-state index contributed by atoms with van der Waals surface area (Å²) in [7, 11) is 0. The van der Waals surface area contributed by atoms with Crippen molar-refractivity contribution in [2.24, 2.45) is 0 Å². The predicted octanol–water partition coefficient (Wildman–Crippen LogP) is 5.27.